The molecule has 1 atom stereocenters. The third-order valence-electron chi connectivity index (χ3n) is 3.17. The Morgan fingerprint density at radius 1 is 1.28 bits per heavy atom. The normalized spacial score (nSPS) is 12.7. The first kappa shape index (κ1) is 15.0. The van der Waals surface area contributed by atoms with Gasteiger partial charge in [-0.15, -0.1) is 0 Å². The van der Waals surface area contributed by atoms with Gasteiger partial charge in [0.1, 0.15) is 0 Å². The fourth-order valence-electron chi connectivity index (χ4n) is 1.80. The molecule has 98 valence electrons. The number of hydrogen-bond donors (Lipinski definition) is 0. The van der Waals surface area contributed by atoms with E-state index in [-0.39, 0.29) is 5.92 Å². The van der Waals surface area contributed by atoms with E-state index in [1.165, 1.54) is 5.56 Å². The summed E-state index contributed by atoms with van der Waals surface area (Å²) in [5.41, 5.74) is 1.28. The summed E-state index contributed by atoms with van der Waals surface area (Å²) in [6.07, 6.45) is 0.990. The largest absolute Gasteiger partial charge is 0.305 e. The lowest BCUT2D eigenvalue weighted by Gasteiger charge is -2.21. The summed E-state index contributed by atoms with van der Waals surface area (Å²) in [7, 11) is 2.07. The van der Waals surface area contributed by atoms with Crippen LogP contribution in [-0.4, -0.2) is 25.0 Å². The minimum absolute atomic E-state index is 0.111. The van der Waals surface area contributed by atoms with Crippen molar-refractivity contribution in [3.8, 4) is 6.07 Å². The molecule has 0 spiro atoms. The van der Waals surface area contributed by atoms with Gasteiger partial charge in [-0.3, -0.25) is 0 Å². The molecule has 0 aliphatic rings. The molecule has 0 amide bonds. The summed E-state index contributed by atoms with van der Waals surface area (Å²) in [6, 6.07) is 10.3. The van der Waals surface area contributed by atoms with Gasteiger partial charge in [0.05, 0.1) is 12.0 Å². The molecule has 1 aromatic rings. The minimum Gasteiger partial charge on any atom is -0.305 e. The molecule has 0 heterocycles. The van der Waals surface area contributed by atoms with Crippen molar-refractivity contribution in [3.05, 3.63) is 34.9 Å². The van der Waals surface area contributed by atoms with Crippen LogP contribution in [0.1, 0.15) is 19.4 Å². The molecule has 2 nitrogen and oxygen atoms in total. The first-order valence-electron chi connectivity index (χ1n) is 6.35. The number of hydrogen-bond acceptors (Lipinski definition) is 2. The van der Waals surface area contributed by atoms with Crippen LogP contribution >= 0.6 is 11.6 Å². The highest BCUT2D eigenvalue weighted by molar-refractivity contribution is 6.30. The SMILES string of the molecule is CC(C)C(C#N)CN(C)CCc1ccc(Cl)cc1. The summed E-state index contributed by atoms with van der Waals surface area (Å²) < 4.78 is 0. The molecule has 0 fully saturated rings. The van der Waals surface area contributed by atoms with Gasteiger partial charge in [-0.25, -0.2) is 0 Å². The zero-order valence-electron chi connectivity index (χ0n) is 11.4. The molecule has 0 aliphatic heterocycles. The van der Waals surface area contributed by atoms with E-state index < -0.39 is 0 Å². The Bertz CT molecular complexity index is 392. The van der Waals surface area contributed by atoms with E-state index in [0.29, 0.717) is 5.92 Å². The second kappa shape index (κ2) is 7.41. The van der Waals surface area contributed by atoms with Crippen molar-refractivity contribution in [1.29, 1.82) is 5.26 Å². The van der Waals surface area contributed by atoms with Gasteiger partial charge in [0.2, 0.25) is 0 Å². The van der Waals surface area contributed by atoms with Crippen LogP contribution in [0.15, 0.2) is 24.3 Å². The average molecular weight is 265 g/mol. The first-order chi connectivity index (χ1) is 8.52. The van der Waals surface area contributed by atoms with Gasteiger partial charge in [0.25, 0.3) is 0 Å². The fraction of sp³-hybridized carbons (Fsp3) is 0.533. The van der Waals surface area contributed by atoms with Crippen molar-refractivity contribution in [3.63, 3.8) is 0 Å². The maximum Gasteiger partial charge on any atom is 0.0671 e. The van der Waals surface area contributed by atoms with E-state index in [2.05, 4.69) is 44.0 Å². The van der Waals surface area contributed by atoms with Crippen LogP contribution < -0.4 is 0 Å². The smallest absolute Gasteiger partial charge is 0.0671 e. The van der Waals surface area contributed by atoms with E-state index in [0.717, 1.165) is 24.5 Å². The van der Waals surface area contributed by atoms with Crippen molar-refractivity contribution in [1.82, 2.24) is 4.90 Å². The van der Waals surface area contributed by atoms with Gasteiger partial charge >= 0.3 is 0 Å². The van der Waals surface area contributed by atoms with E-state index in [9.17, 15) is 0 Å². The van der Waals surface area contributed by atoms with Crippen molar-refractivity contribution in [2.75, 3.05) is 20.1 Å². The summed E-state index contributed by atoms with van der Waals surface area (Å²) in [4.78, 5) is 2.22. The fourth-order valence-corrected chi connectivity index (χ4v) is 1.92. The number of likely N-dealkylation sites (N-methyl/N-ethyl adjacent to an activating group) is 1. The Morgan fingerprint density at radius 2 is 1.89 bits per heavy atom. The number of nitriles is 1. The molecule has 0 saturated carbocycles. The van der Waals surface area contributed by atoms with E-state index in [4.69, 9.17) is 16.9 Å². The van der Waals surface area contributed by atoms with Crippen LogP contribution in [0.4, 0.5) is 0 Å². The van der Waals surface area contributed by atoms with Gasteiger partial charge in [-0.1, -0.05) is 37.6 Å². The average Bonchev–Trinajstić information content (AvgIpc) is 2.35. The minimum atomic E-state index is 0.111. The molecule has 1 unspecified atom stereocenters. The Kier molecular flexibility index (Phi) is 6.18. The van der Waals surface area contributed by atoms with Crippen LogP contribution in [0, 0.1) is 23.2 Å². The third kappa shape index (κ3) is 5.08. The van der Waals surface area contributed by atoms with Crippen LogP contribution in [0.5, 0.6) is 0 Å². The third-order valence-corrected chi connectivity index (χ3v) is 3.43. The van der Waals surface area contributed by atoms with Crippen molar-refractivity contribution < 1.29 is 0 Å². The quantitative estimate of drug-likeness (QED) is 0.785. The number of nitrogens with zero attached hydrogens (tertiary/aromatic N) is 2. The van der Waals surface area contributed by atoms with Crippen molar-refractivity contribution in [2.45, 2.75) is 20.3 Å². The molecule has 18 heavy (non-hydrogen) atoms. The van der Waals surface area contributed by atoms with Crippen LogP contribution in [0.3, 0.4) is 0 Å². The van der Waals surface area contributed by atoms with Gasteiger partial charge in [0, 0.05) is 18.1 Å². The first-order valence-corrected chi connectivity index (χ1v) is 6.73. The standard InChI is InChI=1S/C15H21ClN2/c1-12(2)14(10-17)11-18(3)9-8-13-4-6-15(16)7-5-13/h4-7,12,14H,8-9,11H2,1-3H3. The van der Waals surface area contributed by atoms with Crippen molar-refractivity contribution >= 4 is 11.6 Å². The van der Waals surface area contributed by atoms with Gasteiger partial charge in [0.15, 0.2) is 0 Å². The van der Waals surface area contributed by atoms with Gasteiger partial charge in [-0.2, -0.15) is 5.26 Å². The summed E-state index contributed by atoms with van der Waals surface area (Å²) in [5.74, 6) is 0.521. The molecular formula is C15H21ClN2. The zero-order chi connectivity index (χ0) is 13.5. The maximum atomic E-state index is 9.07. The molecule has 3 heteroatoms. The van der Waals surface area contributed by atoms with E-state index in [1.807, 2.05) is 12.1 Å². The van der Waals surface area contributed by atoms with E-state index in [1.54, 1.807) is 0 Å². The van der Waals surface area contributed by atoms with Crippen LogP contribution in [-0.2, 0) is 6.42 Å². The van der Waals surface area contributed by atoms with Crippen LogP contribution in [0.25, 0.3) is 0 Å². The highest BCUT2D eigenvalue weighted by Gasteiger charge is 2.14. The molecule has 0 aliphatic carbocycles. The summed E-state index contributed by atoms with van der Waals surface area (Å²) >= 11 is 5.85. The molecule has 1 aromatic carbocycles. The second-order valence-electron chi connectivity index (χ2n) is 5.12. The lowest BCUT2D eigenvalue weighted by atomic mass is 9.97. The van der Waals surface area contributed by atoms with Crippen molar-refractivity contribution in [2.24, 2.45) is 11.8 Å². The van der Waals surface area contributed by atoms with Crippen LogP contribution in [0.2, 0.25) is 5.02 Å². The Balaban J connectivity index is 2.39. The maximum absolute atomic E-state index is 9.07. The highest BCUT2D eigenvalue weighted by atomic mass is 35.5. The second-order valence-corrected chi connectivity index (χ2v) is 5.55. The Labute approximate surface area is 115 Å². The number of halogens is 1. The topological polar surface area (TPSA) is 27.0 Å². The van der Waals surface area contributed by atoms with Gasteiger partial charge < -0.3 is 4.90 Å². The summed E-state index contributed by atoms with van der Waals surface area (Å²) in [6.45, 7) is 6.00. The molecule has 0 radical (unpaired) electrons. The number of benzene rings is 1. The molecule has 0 saturated heterocycles. The molecule has 1 rings (SSSR count). The Hall–Kier alpha value is -1.04. The Morgan fingerprint density at radius 3 is 2.39 bits per heavy atom. The molecular weight excluding hydrogens is 244 g/mol. The van der Waals surface area contributed by atoms with Gasteiger partial charge in [-0.05, 0) is 37.1 Å². The lowest BCUT2D eigenvalue weighted by molar-refractivity contribution is 0.275. The molecule has 0 N–H and O–H groups in total. The molecule has 0 aromatic heterocycles. The summed E-state index contributed by atoms with van der Waals surface area (Å²) in [5, 5.41) is 9.84. The lowest BCUT2D eigenvalue weighted by Crippen LogP contribution is -2.29. The predicted molar refractivity (Wildman–Crippen MR) is 76.6 cm³/mol. The zero-order valence-corrected chi connectivity index (χ0v) is 12.1. The van der Waals surface area contributed by atoms with E-state index >= 15 is 0 Å². The predicted octanol–water partition coefficient (Wildman–Crippen LogP) is 3.61. The highest BCUT2D eigenvalue weighted by Crippen LogP contribution is 2.12. The monoisotopic (exact) mass is 264 g/mol. The molecule has 0 bridgehead atoms. The number of rotatable bonds is 6.